The van der Waals surface area contributed by atoms with Crippen LogP contribution in [-0.4, -0.2) is 16.5 Å². The van der Waals surface area contributed by atoms with E-state index in [-0.39, 0.29) is 16.8 Å². The third-order valence-electron chi connectivity index (χ3n) is 3.16. The fraction of sp³-hybridized carbons (Fsp3) is 0.429. The van der Waals surface area contributed by atoms with E-state index in [9.17, 15) is 9.59 Å². The smallest absolute Gasteiger partial charge is 0.308 e. The largest absolute Gasteiger partial charge is 0.354 e. The van der Waals surface area contributed by atoms with Gasteiger partial charge < -0.3 is 5.32 Å². The van der Waals surface area contributed by atoms with Crippen molar-refractivity contribution in [1.29, 1.82) is 0 Å². The molecule has 0 bridgehead atoms. The third kappa shape index (κ3) is 3.23. The summed E-state index contributed by atoms with van der Waals surface area (Å²) in [6.45, 7) is 4.44. The summed E-state index contributed by atoms with van der Waals surface area (Å²) in [6, 6.07) is 7.85. The second-order valence-corrected chi connectivity index (χ2v) is 5.61. The van der Waals surface area contributed by atoms with Crippen LogP contribution in [0.3, 0.4) is 0 Å². The van der Waals surface area contributed by atoms with Crippen LogP contribution in [-0.2, 0) is 11.3 Å². The normalized spacial score (nSPS) is 12.5. The van der Waals surface area contributed by atoms with Crippen LogP contribution in [0.2, 0.25) is 0 Å². The van der Waals surface area contributed by atoms with Gasteiger partial charge in [0.25, 0.3) is 0 Å². The molecule has 2 rings (SSSR count). The molecule has 0 aliphatic heterocycles. The molecule has 1 N–H and O–H groups in total. The molecule has 1 aromatic heterocycles. The second-order valence-electron chi connectivity index (χ2n) is 4.61. The van der Waals surface area contributed by atoms with Crippen LogP contribution in [0.1, 0.15) is 26.7 Å². The second kappa shape index (κ2) is 6.02. The number of benzene rings is 1. The number of thiazole rings is 1. The first-order valence-corrected chi connectivity index (χ1v) is 7.31. The summed E-state index contributed by atoms with van der Waals surface area (Å²) < 4.78 is 2.64. The van der Waals surface area contributed by atoms with Crippen LogP contribution >= 0.6 is 11.3 Å². The number of aryl methyl sites for hydroxylation is 1. The van der Waals surface area contributed by atoms with Crippen molar-refractivity contribution < 1.29 is 4.79 Å². The van der Waals surface area contributed by atoms with Crippen LogP contribution in [0, 0.1) is 0 Å². The number of aromatic nitrogens is 1. The van der Waals surface area contributed by atoms with E-state index in [1.807, 2.05) is 38.1 Å². The lowest BCUT2D eigenvalue weighted by molar-refractivity contribution is -0.121. The highest BCUT2D eigenvalue weighted by atomic mass is 32.1. The first-order chi connectivity index (χ1) is 9.11. The Kier molecular flexibility index (Phi) is 4.37. The number of para-hydroxylation sites is 1. The van der Waals surface area contributed by atoms with E-state index in [2.05, 4.69) is 5.32 Å². The minimum Gasteiger partial charge on any atom is -0.354 e. The minimum atomic E-state index is -0.00321. The van der Waals surface area contributed by atoms with Crippen molar-refractivity contribution in [3.63, 3.8) is 0 Å². The summed E-state index contributed by atoms with van der Waals surface area (Å²) in [6.07, 6.45) is 1.25. The number of amides is 1. The Bertz CT molecular complexity index is 630. The molecule has 102 valence electrons. The van der Waals surface area contributed by atoms with Gasteiger partial charge in [0, 0.05) is 19.0 Å². The van der Waals surface area contributed by atoms with Gasteiger partial charge >= 0.3 is 4.87 Å². The third-order valence-corrected chi connectivity index (χ3v) is 4.12. The number of nitrogens with one attached hydrogen (secondary N) is 1. The number of hydrogen-bond donors (Lipinski definition) is 1. The van der Waals surface area contributed by atoms with Crippen LogP contribution < -0.4 is 10.2 Å². The Morgan fingerprint density at radius 3 is 2.89 bits per heavy atom. The van der Waals surface area contributed by atoms with E-state index in [4.69, 9.17) is 0 Å². The number of carbonyl (C=O) groups is 1. The van der Waals surface area contributed by atoms with Crippen molar-refractivity contribution in [1.82, 2.24) is 9.88 Å². The predicted octanol–water partition coefficient (Wildman–Crippen LogP) is 2.37. The van der Waals surface area contributed by atoms with Crippen molar-refractivity contribution in [2.24, 2.45) is 0 Å². The van der Waals surface area contributed by atoms with Crippen LogP contribution in [0.4, 0.5) is 0 Å². The van der Waals surface area contributed by atoms with Gasteiger partial charge in [-0.1, -0.05) is 30.4 Å². The van der Waals surface area contributed by atoms with E-state index in [1.165, 1.54) is 11.3 Å². The van der Waals surface area contributed by atoms with Gasteiger partial charge in [-0.25, -0.2) is 0 Å². The number of fused-ring (bicyclic) bond motifs is 1. The molecule has 0 fully saturated rings. The van der Waals surface area contributed by atoms with E-state index in [0.717, 1.165) is 16.6 Å². The quantitative estimate of drug-likeness (QED) is 0.913. The number of nitrogens with zero attached hydrogens (tertiary/aromatic N) is 1. The lowest BCUT2D eigenvalue weighted by Crippen LogP contribution is -2.33. The lowest BCUT2D eigenvalue weighted by Gasteiger charge is -2.11. The zero-order valence-electron chi connectivity index (χ0n) is 11.2. The molecule has 0 aliphatic carbocycles. The van der Waals surface area contributed by atoms with Crippen molar-refractivity contribution in [2.45, 2.75) is 39.3 Å². The van der Waals surface area contributed by atoms with E-state index in [1.54, 1.807) is 4.57 Å². The number of carbonyl (C=O) groups excluding carboxylic acids is 1. The number of hydrogen-bond acceptors (Lipinski definition) is 3. The molecule has 1 heterocycles. The highest BCUT2D eigenvalue weighted by molar-refractivity contribution is 7.16. The summed E-state index contributed by atoms with van der Waals surface area (Å²) in [5.74, 6) is -0.00321. The van der Waals surface area contributed by atoms with Crippen molar-refractivity contribution in [2.75, 3.05) is 0 Å². The average molecular weight is 278 g/mol. The Labute approximate surface area is 116 Å². The van der Waals surface area contributed by atoms with Gasteiger partial charge in [0.15, 0.2) is 0 Å². The molecule has 0 aliphatic rings. The Hall–Kier alpha value is -1.62. The van der Waals surface area contributed by atoms with Gasteiger partial charge in [0.2, 0.25) is 5.91 Å². The van der Waals surface area contributed by atoms with Crippen LogP contribution in [0.25, 0.3) is 10.2 Å². The molecule has 4 nitrogen and oxygen atoms in total. The molecule has 1 unspecified atom stereocenters. The topological polar surface area (TPSA) is 51.1 Å². The molecular formula is C14H18N2O2S. The zero-order valence-corrected chi connectivity index (χ0v) is 12.0. The van der Waals surface area contributed by atoms with E-state index >= 15 is 0 Å². The van der Waals surface area contributed by atoms with Gasteiger partial charge in [0.05, 0.1) is 10.2 Å². The van der Waals surface area contributed by atoms with Crippen LogP contribution in [0.15, 0.2) is 29.1 Å². The first-order valence-electron chi connectivity index (χ1n) is 6.49. The Morgan fingerprint density at radius 2 is 2.16 bits per heavy atom. The van der Waals surface area contributed by atoms with E-state index in [0.29, 0.717) is 13.0 Å². The summed E-state index contributed by atoms with van der Waals surface area (Å²) in [7, 11) is 0. The van der Waals surface area contributed by atoms with Gasteiger partial charge in [-0.05, 0) is 25.5 Å². The lowest BCUT2D eigenvalue weighted by atomic mass is 10.2. The van der Waals surface area contributed by atoms with Crippen molar-refractivity contribution >= 4 is 27.5 Å². The van der Waals surface area contributed by atoms with E-state index < -0.39 is 0 Å². The molecule has 0 radical (unpaired) electrons. The highest BCUT2D eigenvalue weighted by Gasteiger charge is 2.10. The first kappa shape index (κ1) is 13.8. The summed E-state index contributed by atoms with van der Waals surface area (Å²) >= 11 is 1.22. The number of rotatable bonds is 5. The molecule has 0 saturated heterocycles. The molecule has 1 aromatic carbocycles. The molecule has 2 aromatic rings. The predicted molar refractivity (Wildman–Crippen MR) is 78.6 cm³/mol. The maximum Gasteiger partial charge on any atom is 0.308 e. The Balaban J connectivity index is 2.08. The van der Waals surface area contributed by atoms with Gasteiger partial charge in [-0.3, -0.25) is 14.2 Å². The van der Waals surface area contributed by atoms with Gasteiger partial charge in [-0.2, -0.15) is 0 Å². The monoisotopic (exact) mass is 278 g/mol. The maximum absolute atomic E-state index is 11.9. The fourth-order valence-electron chi connectivity index (χ4n) is 1.89. The molecule has 5 heteroatoms. The summed E-state index contributed by atoms with van der Waals surface area (Å²) in [5.41, 5.74) is 0.911. The molecule has 0 saturated carbocycles. The fourth-order valence-corrected chi connectivity index (χ4v) is 2.81. The van der Waals surface area contributed by atoms with Crippen molar-refractivity contribution in [3.8, 4) is 0 Å². The molecular weight excluding hydrogens is 260 g/mol. The van der Waals surface area contributed by atoms with Crippen molar-refractivity contribution in [3.05, 3.63) is 33.9 Å². The molecule has 1 atom stereocenters. The highest BCUT2D eigenvalue weighted by Crippen LogP contribution is 2.16. The summed E-state index contributed by atoms with van der Waals surface area (Å²) in [5, 5.41) is 2.91. The standard InChI is InChI=1S/C14H18N2O2S/c1-3-10(2)15-13(17)8-9-16-11-6-4-5-7-12(11)19-14(16)18/h4-7,10H,3,8-9H2,1-2H3,(H,15,17). The van der Waals surface area contributed by atoms with Gasteiger partial charge in [0.1, 0.15) is 0 Å². The maximum atomic E-state index is 11.9. The molecule has 19 heavy (non-hydrogen) atoms. The minimum absolute atomic E-state index is 0.00228. The van der Waals surface area contributed by atoms with Gasteiger partial charge in [-0.15, -0.1) is 0 Å². The SMILES string of the molecule is CCC(C)NC(=O)CCn1c(=O)sc2ccccc21. The molecule has 0 spiro atoms. The average Bonchev–Trinajstić information content (AvgIpc) is 2.71. The zero-order chi connectivity index (χ0) is 13.8. The molecule has 1 amide bonds. The van der Waals surface area contributed by atoms with Crippen LogP contribution in [0.5, 0.6) is 0 Å². The Morgan fingerprint density at radius 1 is 1.42 bits per heavy atom. The summed E-state index contributed by atoms with van der Waals surface area (Å²) in [4.78, 5) is 23.6.